The standard InChI is InChI=1S/C18H23NO2/c1-17(2,3)11-7-12-13(15(21)10-20)9-19-16(12)14(8-11)18(4,5)6/h7-10,19H,1-6H3. The Morgan fingerprint density at radius 3 is 2.14 bits per heavy atom. The number of rotatable bonds is 2. The van der Waals surface area contributed by atoms with Crippen LogP contribution < -0.4 is 0 Å². The van der Waals surface area contributed by atoms with Crippen LogP contribution in [0, 0.1) is 0 Å². The summed E-state index contributed by atoms with van der Waals surface area (Å²) in [6.07, 6.45) is 2.02. The summed E-state index contributed by atoms with van der Waals surface area (Å²) in [6, 6.07) is 4.23. The molecule has 0 aliphatic heterocycles. The molecule has 1 aromatic carbocycles. The number of ketones is 1. The van der Waals surface area contributed by atoms with Gasteiger partial charge in [-0.25, -0.2) is 0 Å². The Morgan fingerprint density at radius 1 is 1.05 bits per heavy atom. The summed E-state index contributed by atoms with van der Waals surface area (Å²) in [6.45, 7) is 12.9. The fraction of sp³-hybridized carbons (Fsp3) is 0.444. The molecular formula is C18H23NO2. The van der Waals surface area contributed by atoms with Crippen LogP contribution in [0.1, 0.15) is 63.0 Å². The van der Waals surface area contributed by atoms with Gasteiger partial charge >= 0.3 is 0 Å². The minimum absolute atomic E-state index is 0.0209. The molecular weight excluding hydrogens is 262 g/mol. The van der Waals surface area contributed by atoms with E-state index in [0.717, 1.165) is 16.5 Å². The van der Waals surface area contributed by atoms with E-state index in [4.69, 9.17) is 0 Å². The average Bonchev–Trinajstić information content (AvgIpc) is 2.78. The quantitative estimate of drug-likeness (QED) is 0.512. The fourth-order valence-corrected chi connectivity index (χ4v) is 2.52. The molecule has 3 heteroatoms. The Balaban J connectivity index is 2.87. The molecule has 0 unspecified atom stereocenters. The molecule has 21 heavy (non-hydrogen) atoms. The summed E-state index contributed by atoms with van der Waals surface area (Å²) in [7, 11) is 0. The summed E-state index contributed by atoms with van der Waals surface area (Å²) in [5.41, 5.74) is 3.66. The largest absolute Gasteiger partial charge is 0.360 e. The fourth-order valence-electron chi connectivity index (χ4n) is 2.52. The first-order chi connectivity index (χ1) is 9.55. The number of fused-ring (bicyclic) bond motifs is 1. The summed E-state index contributed by atoms with van der Waals surface area (Å²) in [5.74, 6) is -0.479. The number of aromatic nitrogens is 1. The van der Waals surface area contributed by atoms with Gasteiger partial charge in [-0.2, -0.15) is 0 Å². The van der Waals surface area contributed by atoms with Crippen LogP contribution in [0.15, 0.2) is 18.3 Å². The van der Waals surface area contributed by atoms with Crippen molar-refractivity contribution in [3.05, 3.63) is 35.0 Å². The lowest BCUT2D eigenvalue weighted by molar-refractivity contribution is -0.104. The van der Waals surface area contributed by atoms with Crippen molar-refractivity contribution in [2.24, 2.45) is 0 Å². The van der Waals surface area contributed by atoms with Crippen molar-refractivity contribution in [2.45, 2.75) is 52.4 Å². The molecule has 2 rings (SSSR count). The first-order valence-corrected chi connectivity index (χ1v) is 7.21. The van der Waals surface area contributed by atoms with Crippen molar-refractivity contribution in [1.29, 1.82) is 0 Å². The molecule has 0 aliphatic carbocycles. The van der Waals surface area contributed by atoms with Crippen LogP contribution in [0.4, 0.5) is 0 Å². The maximum Gasteiger partial charge on any atom is 0.227 e. The molecule has 0 fully saturated rings. The van der Waals surface area contributed by atoms with E-state index < -0.39 is 5.78 Å². The van der Waals surface area contributed by atoms with Crippen LogP contribution in [0.2, 0.25) is 0 Å². The first kappa shape index (κ1) is 15.5. The zero-order valence-corrected chi connectivity index (χ0v) is 13.6. The summed E-state index contributed by atoms with van der Waals surface area (Å²) < 4.78 is 0. The van der Waals surface area contributed by atoms with Crippen LogP contribution in [0.3, 0.4) is 0 Å². The number of nitrogens with one attached hydrogen (secondary N) is 1. The predicted octanol–water partition coefficient (Wildman–Crippen LogP) is 4.14. The number of aromatic amines is 1. The van der Waals surface area contributed by atoms with Gasteiger partial charge in [0.25, 0.3) is 0 Å². The predicted molar refractivity (Wildman–Crippen MR) is 86.1 cm³/mol. The Kier molecular flexibility index (Phi) is 3.56. The van der Waals surface area contributed by atoms with E-state index >= 15 is 0 Å². The van der Waals surface area contributed by atoms with Crippen LogP contribution in [0.25, 0.3) is 10.9 Å². The summed E-state index contributed by atoms with van der Waals surface area (Å²) in [4.78, 5) is 25.8. The Hall–Kier alpha value is -1.90. The second-order valence-electron chi connectivity index (χ2n) is 7.63. The lowest BCUT2D eigenvalue weighted by Crippen LogP contribution is -2.17. The van der Waals surface area contributed by atoms with E-state index in [9.17, 15) is 9.59 Å². The monoisotopic (exact) mass is 285 g/mol. The van der Waals surface area contributed by atoms with E-state index in [2.05, 4.69) is 52.6 Å². The van der Waals surface area contributed by atoms with Crippen LogP contribution >= 0.6 is 0 Å². The third-order valence-corrected chi connectivity index (χ3v) is 3.84. The van der Waals surface area contributed by atoms with E-state index in [0.29, 0.717) is 11.8 Å². The smallest absolute Gasteiger partial charge is 0.227 e. The molecule has 0 spiro atoms. The van der Waals surface area contributed by atoms with Crippen LogP contribution in [-0.4, -0.2) is 17.1 Å². The van der Waals surface area contributed by atoms with Crippen molar-refractivity contribution >= 4 is 23.0 Å². The molecule has 0 aliphatic rings. The van der Waals surface area contributed by atoms with Crippen molar-refractivity contribution in [3.8, 4) is 0 Å². The second kappa shape index (κ2) is 4.83. The summed E-state index contributed by atoms with van der Waals surface area (Å²) >= 11 is 0. The molecule has 1 aromatic heterocycles. The highest BCUT2D eigenvalue weighted by Crippen LogP contribution is 2.36. The van der Waals surface area contributed by atoms with Gasteiger partial charge in [-0.3, -0.25) is 9.59 Å². The van der Waals surface area contributed by atoms with Gasteiger partial charge in [-0.15, -0.1) is 0 Å². The molecule has 1 N–H and O–H groups in total. The number of Topliss-reactive ketones (excluding diaryl/α,β-unsaturated/α-hetero) is 1. The highest BCUT2D eigenvalue weighted by Gasteiger charge is 2.24. The number of benzene rings is 1. The normalized spacial score (nSPS) is 12.7. The molecule has 0 saturated carbocycles. The maximum absolute atomic E-state index is 11.8. The van der Waals surface area contributed by atoms with Crippen molar-refractivity contribution in [1.82, 2.24) is 4.98 Å². The van der Waals surface area contributed by atoms with Crippen molar-refractivity contribution in [2.75, 3.05) is 0 Å². The third-order valence-electron chi connectivity index (χ3n) is 3.84. The van der Waals surface area contributed by atoms with Gasteiger partial charge in [-0.05, 0) is 28.0 Å². The zero-order valence-electron chi connectivity index (χ0n) is 13.6. The minimum atomic E-state index is -0.479. The minimum Gasteiger partial charge on any atom is -0.360 e. The lowest BCUT2D eigenvalue weighted by atomic mass is 9.79. The van der Waals surface area contributed by atoms with Crippen molar-refractivity contribution in [3.63, 3.8) is 0 Å². The Labute approximate surface area is 125 Å². The topological polar surface area (TPSA) is 49.9 Å². The van der Waals surface area contributed by atoms with E-state index in [-0.39, 0.29) is 10.8 Å². The van der Waals surface area contributed by atoms with E-state index in [1.807, 2.05) is 6.07 Å². The SMILES string of the molecule is CC(C)(C)c1cc(C(C)(C)C)c2[nH]cc(C(=O)C=O)c2c1. The highest BCUT2D eigenvalue weighted by atomic mass is 16.2. The molecule has 3 nitrogen and oxygen atoms in total. The van der Waals surface area contributed by atoms with Crippen LogP contribution in [-0.2, 0) is 15.6 Å². The van der Waals surface area contributed by atoms with Gasteiger partial charge in [0, 0.05) is 17.1 Å². The molecule has 2 aromatic rings. The zero-order chi connectivity index (χ0) is 16.0. The average molecular weight is 285 g/mol. The maximum atomic E-state index is 11.8. The van der Waals surface area contributed by atoms with E-state index in [1.54, 1.807) is 6.20 Å². The van der Waals surface area contributed by atoms with Gasteiger partial charge in [0.15, 0.2) is 6.29 Å². The lowest BCUT2D eigenvalue weighted by Gasteiger charge is -2.26. The van der Waals surface area contributed by atoms with Gasteiger partial charge in [0.05, 0.1) is 5.56 Å². The molecule has 112 valence electrons. The van der Waals surface area contributed by atoms with E-state index in [1.165, 1.54) is 5.56 Å². The Bertz CT molecular complexity index is 709. The number of aldehydes is 1. The highest BCUT2D eigenvalue weighted by molar-refractivity contribution is 6.36. The molecule has 0 saturated heterocycles. The van der Waals surface area contributed by atoms with Gasteiger partial charge < -0.3 is 4.98 Å². The third kappa shape index (κ3) is 2.78. The van der Waals surface area contributed by atoms with Gasteiger partial charge in [0.2, 0.25) is 5.78 Å². The van der Waals surface area contributed by atoms with Crippen LogP contribution in [0.5, 0.6) is 0 Å². The summed E-state index contributed by atoms with van der Waals surface area (Å²) in [5, 5.41) is 0.837. The van der Waals surface area contributed by atoms with Crippen molar-refractivity contribution < 1.29 is 9.59 Å². The molecule has 1 heterocycles. The first-order valence-electron chi connectivity index (χ1n) is 7.21. The number of H-pyrrole nitrogens is 1. The Morgan fingerprint density at radius 2 is 1.67 bits per heavy atom. The molecule has 0 radical (unpaired) electrons. The van der Waals surface area contributed by atoms with Gasteiger partial charge in [0.1, 0.15) is 0 Å². The molecule has 0 bridgehead atoms. The second-order valence-corrected chi connectivity index (χ2v) is 7.63. The van der Waals surface area contributed by atoms with Gasteiger partial charge in [-0.1, -0.05) is 47.6 Å². The number of carbonyl (C=O) groups excluding carboxylic acids is 2. The number of hydrogen-bond donors (Lipinski definition) is 1. The molecule has 0 amide bonds. The number of hydrogen-bond acceptors (Lipinski definition) is 2. The number of carbonyl (C=O) groups is 2. The molecule has 0 atom stereocenters.